The van der Waals surface area contributed by atoms with Gasteiger partial charge in [0.25, 0.3) is 5.91 Å². The quantitative estimate of drug-likeness (QED) is 0.343. The van der Waals surface area contributed by atoms with Crippen molar-refractivity contribution in [2.75, 3.05) is 6.61 Å². The molecular weight excluding hydrogens is 460 g/mol. The molecule has 0 saturated heterocycles. The van der Waals surface area contributed by atoms with E-state index in [4.69, 9.17) is 10.5 Å². The molecule has 0 saturated carbocycles. The van der Waals surface area contributed by atoms with Crippen molar-refractivity contribution in [2.24, 2.45) is 5.73 Å². The fourth-order valence-electron chi connectivity index (χ4n) is 3.82. The molecule has 2 aromatic rings. The first-order valence-corrected chi connectivity index (χ1v) is 15.4. The Morgan fingerprint density at radius 2 is 2.03 bits per heavy atom. The van der Waals surface area contributed by atoms with Crippen molar-refractivity contribution in [3.63, 3.8) is 0 Å². The maximum atomic E-state index is 13.0. The maximum Gasteiger partial charge on any atom is 0.414 e. The first kappa shape index (κ1) is 26.0. The second-order valence-electron chi connectivity index (χ2n) is 9.85. The summed E-state index contributed by atoms with van der Waals surface area (Å²) in [5.41, 5.74) is 7.78. The molecule has 0 fully saturated rings. The highest BCUT2D eigenvalue weighted by atomic mass is 28.3. The van der Waals surface area contributed by atoms with Crippen LogP contribution in [0.1, 0.15) is 12.0 Å². The summed E-state index contributed by atoms with van der Waals surface area (Å²) in [6.45, 7) is 10.8. The number of benzene rings is 1. The summed E-state index contributed by atoms with van der Waals surface area (Å²) in [7, 11) is -1.33. The Labute approximate surface area is 206 Å². The largest absolute Gasteiger partial charge is 0.449 e. The molecule has 1 aliphatic heterocycles. The van der Waals surface area contributed by atoms with Crippen molar-refractivity contribution < 1.29 is 19.1 Å². The molecule has 2 atom stereocenters. The highest BCUT2D eigenvalue weighted by Gasteiger charge is 2.28. The van der Waals surface area contributed by atoms with Crippen LogP contribution in [-0.2, 0) is 20.7 Å². The van der Waals surface area contributed by atoms with Gasteiger partial charge in [-0.05, 0) is 36.2 Å². The Kier molecular flexibility index (Phi) is 8.34. The first-order valence-electron chi connectivity index (χ1n) is 11.7. The van der Waals surface area contributed by atoms with Gasteiger partial charge in [0.05, 0.1) is 12.6 Å². The summed E-state index contributed by atoms with van der Waals surface area (Å²) in [5, 5.41) is 3.72. The van der Waals surface area contributed by atoms with Crippen LogP contribution in [0.25, 0.3) is 10.9 Å². The minimum absolute atomic E-state index is 0.258. The van der Waals surface area contributed by atoms with Crippen LogP contribution >= 0.6 is 0 Å². The molecule has 0 aliphatic carbocycles. The van der Waals surface area contributed by atoms with Crippen molar-refractivity contribution in [3.8, 4) is 0 Å². The third-order valence-corrected chi connectivity index (χ3v) is 7.55. The van der Waals surface area contributed by atoms with Gasteiger partial charge in [-0.25, -0.2) is 4.79 Å². The summed E-state index contributed by atoms with van der Waals surface area (Å²) in [5.74, 6) is -1.06. The maximum absolute atomic E-state index is 13.0. The molecule has 3 rings (SSSR count). The van der Waals surface area contributed by atoms with Crippen molar-refractivity contribution in [1.82, 2.24) is 15.2 Å². The van der Waals surface area contributed by atoms with E-state index in [1.807, 2.05) is 30.5 Å². The smallest absolute Gasteiger partial charge is 0.414 e. The molecule has 0 spiro atoms. The Morgan fingerprint density at radius 3 is 2.71 bits per heavy atom. The lowest BCUT2D eigenvalue weighted by Gasteiger charge is -2.29. The molecule has 186 valence electrons. The summed E-state index contributed by atoms with van der Waals surface area (Å²) in [6, 6.07) is 7.29. The fraction of sp³-hybridized carbons (Fsp3) is 0.346. The average molecular weight is 495 g/mol. The van der Waals surface area contributed by atoms with Crippen molar-refractivity contribution in [2.45, 2.75) is 50.6 Å². The molecule has 0 radical (unpaired) electrons. The number of nitrogens with two attached hydrogens (primary N) is 1. The van der Waals surface area contributed by atoms with Gasteiger partial charge in [0, 0.05) is 43.4 Å². The van der Waals surface area contributed by atoms with Gasteiger partial charge in [-0.2, -0.15) is 0 Å². The number of ether oxygens (including phenoxy) is 1. The van der Waals surface area contributed by atoms with Gasteiger partial charge in [0.2, 0.25) is 5.91 Å². The Morgan fingerprint density at radius 1 is 1.29 bits per heavy atom. The number of aromatic nitrogens is 1. The average Bonchev–Trinajstić information content (AvgIpc) is 3.20. The van der Waals surface area contributed by atoms with Gasteiger partial charge >= 0.3 is 6.09 Å². The van der Waals surface area contributed by atoms with Crippen LogP contribution < -0.4 is 11.1 Å². The number of H-pyrrole nitrogens is 1. The van der Waals surface area contributed by atoms with Crippen LogP contribution in [-0.4, -0.2) is 54.6 Å². The van der Waals surface area contributed by atoms with E-state index in [1.165, 1.54) is 4.90 Å². The number of fused-ring (bicyclic) bond motifs is 1. The molecule has 1 aliphatic rings. The van der Waals surface area contributed by atoms with E-state index < -0.39 is 38.1 Å². The SMILES string of the molecule is C=CCC1C=C(C(=O)NC(Cc2c[nH]c3ccccc23)C(N)=O)C=CN1C(=O)OCC[Si](C)(C)C. The molecule has 3 amide bonds. The molecule has 2 heterocycles. The van der Waals surface area contributed by atoms with Crippen LogP contribution in [0.2, 0.25) is 25.7 Å². The number of rotatable bonds is 10. The predicted octanol–water partition coefficient (Wildman–Crippen LogP) is 3.86. The monoisotopic (exact) mass is 494 g/mol. The van der Waals surface area contributed by atoms with Crippen molar-refractivity contribution in [1.29, 1.82) is 0 Å². The lowest BCUT2D eigenvalue weighted by Crippen LogP contribution is -2.47. The van der Waals surface area contributed by atoms with Crippen molar-refractivity contribution in [3.05, 3.63) is 72.6 Å². The zero-order chi connectivity index (χ0) is 25.6. The first-order chi connectivity index (χ1) is 16.6. The van der Waals surface area contributed by atoms with Gasteiger partial charge in [-0.1, -0.05) is 43.9 Å². The summed E-state index contributed by atoms with van der Waals surface area (Å²) in [6.07, 6.45) is 8.50. The number of para-hydroxylation sites is 1. The Bertz CT molecular complexity index is 1160. The van der Waals surface area contributed by atoms with Crippen LogP contribution in [0, 0.1) is 0 Å². The summed E-state index contributed by atoms with van der Waals surface area (Å²) in [4.78, 5) is 42.4. The second-order valence-corrected chi connectivity index (χ2v) is 15.5. The molecule has 4 N–H and O–H groups in total. The standard InChI is InChI=1S/C26H34N4O4Si/c1-5-8-20-15-18(11-12-30(20)26(33)34-13-14-35(2,3)4)25(32)29-23(24(27)31)16-19-17-28-22-10-7-6-9-21(19)22/h5-7,9-12,15,17,20,23,28H,1,8,13-14,16H2,2-4H3,(H2,27,31)(H,29,32). The molecular formula is C26H34N4O4Si. The minimum Gasteiger partial charge on any atom is -0.449 e. The number of carbonyl (C=O) groups excluding carboxylic acids is 3. The molecule has 1 aromatic carbocycles. The van der Waals surface area contributed by atoms with E-state index in [0.717, 1.165) is 22.5 Å². The third kappa shape index (κ3) is 6.95. The number of hydrogen-bond acceptors (Lipinski definition) is 4. The number of hydrogen-bond donors (Lipinski definition) is 3. The third-order valence-electron chi connectivity index (χ3n) is 5.85. The van der Waals surface area contributed by atoms with Gasteiger partial charge in [0.15, 0.2) is 0 Å². The number of primary amides is 1. The number of carbonyl (C=O) groups is 3. The zero-order valence-corrected chi connectivity index (χ0v) is 21.5. The van der Waals surface area contributed by atoms with Gasteiger partial charge in [0.1, 0.15) is 6.04 Å². The van der Waals surface area contributed by atoms with E-state index in [0.29, 0.717) is 18.6 Å². The van der Waals surface area contributed by atoms with Crippen LogP contribution in [0.3, 0.4) is 0 Å². The topological polar surface area (TPSA) is 118 Å². The molecule has 2 unspecified atom stereocenters. The Hall–Kier alpha value is -3.59. The molecule has 35 heavy (non-hydrogen) atoms. The van der Waals surface area contributed by atoms with E-state index in [9.17, 15) is 14.4 Å². The van der Waals surface area contributed by atoms with Crippen LogP contribution in [0.15, 0.2) is 67.0 Å². The van der Waals surface area contributed by atoms with E-state index >= 15 is 0 Å². The Balaban J connectivity index is 1.68. The molecule has 9 heteroatoms. The van der Waals surface area contributed by atoms with E-state index in [1.54, 1.807) is 24.4 Å². The summed E-state index contributed by atoms with van der Waals surface area (Å²) < 4.78 is 5.46. The van der Waals surface area contributed by atoms with Crippen molar-refractivity contribution >= 4 is 36.9 Å². The van der Waals surface area contributed by atoms with E-state index in [2.05, 4.69) is 36.5 Å². The lowest BCUT2D eigenvalue weighted by molar-refractivity contribution is -0.125. The zero-order valence-electron chi connectivity index (χ0n) is 20.5. The predicted molar refractivity (Wildman–Crippen MR) is 140 cm³/mol. The van der Waals surface area contributed by atoms with Gasteiger partial charge < -0.3 is 20.8 Å². The number of nitrogens with zero attached hydrogens (tertiary/aromatic N) is 1. The molecule has 8 nitrogen and oxygen atoms in total. The number of nitrogens with one attached hydrogen (secondary N) is 2. The second kappa shape index (κ2) is 11.2. The van der Waals surface area contributed by atoms with E-state index in [-0.39, 0.29) is 6.42 Å². The highest BCUT2D eigenvalue weighted by Crippen LogP contribution is 2.21. The van der Waals surface area contributed by atoms with Gasteiger partial charge in [-0.15, -0.1) is 6.58 Å². The minimum atomic E-state index is -1.33. The fourth-order valence-corrected chi connectivity index (χ4v) is 4.53. The lowest BCUT2D eigenvalue weighted by atomic mass is 10.0. The number of aromatic amines is 1. The molecule has 0 bridgehead atoms. The number of amides is 3. The normalized spacial score (nSPS) is 16.5. The van der Waals surface area contributed by atoms with Crippen LogP contribution in [0.5, 0.6) is 0 Å². The van der Waals surface area contributed by atoms with Crippen LogP contribution in [0.4, 0.5) is 4.79 Å². The van der Waals surface area contributed by atoms with Gasteiger partial charge in [-0.3, -0.25) is 14.5 Å². The molecule has 1 aromatic heterocycles. The highest BCUT2D eigenvalue weighted by molar-refractivity contribution is 6.76. The summed E-state index contributed by atoms with van der Waals surface area (Å²) >= 11 is 0.